The van der Waals surface area contributed by atoms with Crippen LogP contribution in [0.25, 0.3) is 15.7 Å². The van der Waals surface area contributed by atoms with Gasteiger partial charge in [-0.05, 0) is 13.0 Å². The first-order valence-corrected chi connectivity index (χ1v) is 7.56. The summed E-state index contributed by atoms with van der Waals surface area (Å²) in [5, 5.41) is 9.21. The van der Waals surface area contributed by atoms with Crippen molar-refractivity contribution in [3.63, 3.8) is 0 Å². The minimum absolute atomic E-state index is 0.0292. The quantitative estimate of drug-likeness (QED) is 0.860. The van der Waals surface area contributed by atoms with Gasteiger partial charge in [-0.1, -0.05) is 0 Å². The van der Waals surface area contributed by atoms with E-state index in [4.69, 9.17) is 11.3 Å². The fourth-order valence-corrected chi connectivity index (χ4v) is 3.35. The van der Waals surface area contributed by atoms with E-state index in [-0.39, 0.29) is 29.3 Å². The topological polar surface area (TPSA) is 72.9 Å². The highest BCUT2D eigenvalue weighted by molar-refractivity contribution is 5.95. The molecule has 2 aliphatic rings. The van der Waals surface area contributed by atoms with Crippen LogP contribution < -0.4 is 10.2 Å². The minimum Gasteiger partial charge on any atom is -0.488 e. The van der Waals surface area contributed by atoms with Crippen molar-refractivity contribution in [1.29, 1.82) is 0 Å². The maximum atomic E-state index is 14.7. The highest BCUT2D eigenvalue weighted by Gasteiger charge is 2.57. The number of nitrogens with zero attached hydrogens (tertiary/aromatic N) is 2. The monoisotopic (exact) mass is 328 g/mol. The maximum Gasteiger partial charge on any atom is 0.341 e. The molecule has 24 heavy (non-hydrogen) atoms. The van der Waals surface area contributed by atoms with Crippen LogP contribution in [0, 0.1) is 12.4 Å². The normalized spacial score (nSPS) is 20.3. The number of hydrogen-bond acceptors (Lipinski definition) is 3. The van der Waals surface area contributed by atoms with Gasteiger partial charge in [-0.15, -0.1) is 0 Å². The zero-order valence-electron chi connectivity index (χ0n) is 12.8. The summed E-state index contributed by atoms with van der Waals surface area (Å²) in [4.78, 5) is 27.3. The summed E-state index contributed by atoms with van der Waals surface area (Å²) in [6.45, 7) is 9.42. The first kappa shape index (κ1) is 14.7. The largest absolute Gasteiger partial charge is 0.488 e. The number of carboxylic acids is 1. The number of ether oxygens (including phenoxy) is 1. The number of benzene rings is 1. The Morgan fingerprint density at radius 3 is 2.83 bits per heavy atom. The molecule has 1 saturated carbocycles. The van der Waals surface area contributed by atoms with Crippen molar-refractivity contribution in [2.45, 2.75) is 31.3 Å². The number of carbonyl (C=O) groups is 1. The van der Waals surface area contributed by atoms with Crippen molar-refractivity contribution in [2.24, 2.45) is 0 Å². The van der Waals surface area contributed by atoms with Crippen molar-refractivity contribution >= 4 is 16.9 Å². The van der Waals surface area contributed by atoms with E-state index in [1.807, 2.05) is 6.92 Å². The van der Waals surface area contributed by atoms with Gasteiger partial charge in [-0.25, -0.2) is 15.8 Å². The molecule has 2 aromatic rings. The first-order valence-electron chi connectivity index (χ1n) is 7.56. The lowest BCUT2D eigenvalue weighted by atomic mass is 9.98. The average molecular weight is 328 g/mol. The van der Waals surface area contributed by atoms with E-state index in [1.54, 1.807) is 4.57 Å². The Balaban J connectivity index is 2.19. The fraction of sp³-hybridized carbons (Fsp3) is 0.353. The van der Waals surface area contributed by atoms with Gasteiger partial charge in [-0.3, -0.25) is 4.79 Å². The Bertz CT molecular complexity index is 1010. The number of rotatable bonds is 2. The van der Waals surface area contributed by atoms with Crippen LogP contribution in [0.5, 0.6) is 5.75 Å². The molecule has 0 saturated heterocycles. The predicted octanol–water partition coefficient (Wildman–Crippen LogP) is 2.70. The number of pyridine rings is 1. The van der Waals surface area contributed by atoms with Crippen molar-refractivity contribution in [1.82, 2.24) is 4.57 Å². The molecular formula is C17H13FN2O4. The summed E-state index contributed by atoms with van der Waals surface area (Å²) in [6, 6.07) is 0.839. The average Bonchev–Trinajstić information content (AvgIpc) is 3.33. The van der Waals surface area contributed by atoms with Crippen molar-refractivity contribution in [3.8, 4) is 5.75 Å². The molecule has 1 N–H and O–H groups in total. The summed E-state index contributed by atoms with van der Waals surface area (Å²) in [5.41, 5.74) is -1.52. The van der Waals surface area contributed by atoms with Gasteiger partial charge in [0, 0.05) is 19.0 Å². The zero-order chi connectivity index (χ0) is 17.2. The molecule has 0 spiro atoms. The first-order chi connectivity index (χ1) is 11.4. The van der Waals surface area contributed by atoms with E-state index in [0.717, 1.165) is 6.07 Å². The lowest BCUT2D eigenvalue weighted by Gasteiger charge is -2.28. The molecule has 0 amide bonds. The molecule has 6 nitrogen and oxygen atoms in total. The van der Waals surface area contributed by atoms with Gasteiger partial charge in [0.2, 0.25) is 5.43 Å². The van der Waals surface area contributed by atoms with E-state index in [0.29, 0.717) is 18.4 Å². The van der Waals surface area contributed by atoms with Crippen LogP contribution >= 0.6 is 0 Å². The molecule has 0 radical (unpaired) electrons. The lowest BCUT2D eigenvalue weighted by Crippen LogP contribution is -2.28. The van der Waals surface area contributed by atoms with Gasteiger partial charge in [0.15, 0.2) is 5.75 Å². The third-order valence-electron chi connectivity index (χ3n) is 4.80. The smallest absolute Gasteiger partial charge is 0.341 e. The molecule has 0 unspecified atom stereocenters. The lowest BCUT2D eigenvalue weighted by molar-refractivity contribution is 0.0694. The number of hydrogen-bond donors (Lipinski definition) is 1. The van der Waals surface area contributed by atoms with Gasteiger partial charge in [0.25, 0.3) is 5.54 Å². The molecule has 1 aliphatic heterocycles. The van der Waals surface area contributed by atoms with Gasteiger partial charge in [0.1, 0.15) is 23.6 Å². The molecule has 1 aromatic carbocycles. The molecule has 122 valence electrons. The molecule has 4 rings (SSSR count). The second-order valence-electron chi connectivity index (χ2n) is 6.35. The zero-order valence-corrected chi connectivity index (χ0v) is 12.8. The van der Waals surface area contributed by atoms with Crippen molar-refractivity contribution in [2.75, 3.05) is 6.61 Å². The highest BCUT2D eigenvalue weighted by atomic mass is 19.1. The second-order valence-corrected chi connectivity index (χ2v) is 6.35. The van der Waals surface area contributed by atoms with E-state index in [9.17, 15) is 19.1 Å². The summed E-state index contributed by atoms with van der Waals surface area (Å²) in [7, 11) is 0. The highest BCUT2D eigenvalue weighted by Crippen LogP contribution is 2.55. The standard InChI is InChI=1S/C17H13FN2O4/c1-8-7-24-15-12(17(19-2)3-4-17)11(18)5-9-13(15)20(8)6-10(14(9)21)16(22)23/h5-6,8H,3-4,7H2,1H3,(H,22,23)/t8-/m0/s1. The molecule has 2 heterocycles. The van der Waals surface area contributed by atoms with E-state index in [2.05, 4.69) is 4.85 Å². The van der Waals surface area contributed by atoms with Gasteiger partial charge < -0.3 is 19.3 Å². The molecule has 7 heteroatoms. The van der Waals surface area contributed by atoms with Crippen LogP contribution in [-0.4, -0.2) is 22.2 Å². The Morgan fingerprint density at radius 1 is 1.54 bits per heavy atom. The number of aromatic nitrogens is 1. The number of halogens is 1. The van der Waals surface area contributed by atoms with Crippen LogP contribution in [0.3, 0.4) is 0 Å². The molecule has 1 atom stereocenters. The summed E-state index contributed by atoms with van der Waals surface area (Å²) in [6.07, 6.45) is 2.37. The summed E-state index contributed by atoms with van der Waals surface area (Å²) >= 11 is 0. The predicted molar refractivity (Wildman–Crippen MR) is 82.8 cm³/mol. The number of aromatic carboxylic acids is 1. The van der Waals surface area contributed by atoms with Crippen LogP contribution in [0.2, 0.25) is 0 Å². The van der Waals surface area contributed by atoms with E-state index in [1.165, 1.54) is 6.20 Å². The Kier molecular flexibility index (Phi) is 2.80. The molecule has 1 fully saturated rings. The van der Waals surface area contributed by atoms with Crippen molar-refractivity contribution in [3.05, 3.63) is 50.8 Å². The van der Waals surface area contributed by atoms with Gasteiger partial charge in [-0.2, -0.15) is 0 Å². The van der Waals surface area contributed by atoms with Crippen LogP contribution in [0.1, 0.15) is 41.7 Å². The molecule has 1 aromatic heterocycles. The summed E-state index contributed by atoms with van der Waals surface area (Å²) < 4.78 is 22.1. The fourth-order valence-electron chi connectivity index (χ4n) is 3.35. The van der Waals surface area contributed by atoms with Crippen molar-refractivity contribution < 1.29 is 19.0 Å². The van der Waals surface area contributed by atoms with E-state index >= 15 is 0 Å². The summed E-state index contributed by atoms with van der Waals surface area (Å²) in [5.74, 6) is -1.84. The SMILES string of the molecule is [C-]#[N+]C1(c2c(F)cc3c(=O)c(C(=O)O)cn4c3c2OC[C@@H]4C)CC1. The molecule has 0 bridgehead atoms. The van der Waals surface area contributed by atoms with Gasteiger partial charge >= 0.3 is 5.97 Å². The third kappa shape index (κ3) is 1.74. The van der Waals surface area contributed by atoms with Crippen LogP contribution in [0.15, 0.2) is 17.1 Å². The third-order valence-corrected chi connectivity index (χ3v) is 4.80. The minimum atomic E-state index is -1.35. The molecular weight excluding hydrogens is 315 g/mol. The maximum absolute atomic E-state index is 14.7. The Morgan fingerprint density at radius 2 is 2.25 bits per heavy atom. The van der Waals surface area contributed by atoms with Gasteiger partial charge in [0.05, 0.1) is 16.9 Å². The molecule has 1 aliphatic carbocycles. The van der Waals surface area contributed by atoms with Crippen LogP contribution in [0.4, 0.5) is 4.39 Å². The second kappa shape index (κ2) is 4.57. The Hall–Kier alpha value is -2.88. The number of carboxylic acid groups (broad SMARTS) is 1. The van der Waals surface area contributed by atoms with Crippen LogP contribution in [-0.2, 0) is 5.54 Å². The Labute approximate surface area is 135 Å². The van der Waals surface area contributed by atoms with E-state index < -0.39 is 28.3 Å².